The van der Waals surface area contributed by atoms with Crippen molar-refractivity contribution < 1.29 is 9.84 Å². The van der Waals surface area contributed by atoms with E-state index < -0.39 is 0 Å². The maximum Gasteiger partial charge on any atom is 0.213 e. The standard InChI is InChI=1S/C27H40N8O2/c1-2-22-20-31-35-24(17-25(32-27(22)35)34-11-4-3-5-23(34)8-15-36)29-18-21-6-7-26(30-19-21)37-16-14-33-12-9-28-10-13-33/h6-7,17,19-20,23,28-29,36H,2-5,8-16,18H2,1H3/t23-/m0/s1. The molecule has 3 N–H and O–H groups in total. The van der Waals surface area contributed by atoms with Gasteiger partial charge in [-0.1, -0.05) is 13.0 Å². The minimum absolute atomic E-state index is 0.198. The molecule has 3 aromatic heterocycles. The Morgan fingerprint density at radius 3 is 2.84 bits per heavy atom. The summed E-state index contributed by atoms with van der Waals surface area (Å²) in [6.07, 6.45) is 8.86. The number of piperazine rings is 1. The van der Waals surface area contributed by atoms with Gasteiger partial charge in [0.1, 0.15) is 18.2 Å². The molecule has 2 aliphatic heterocycles. The first-order valence-corrected chi connectivity index (χ1v) is 13.7. The van der Waals surface area contributed by atoms with Crippen LogP contribution in [0.15, 0.2) is 30.6 Å². The van der Waals surface area contributed by atoms with Crippen molar-refractivity contribution in [3.63, 3.8) is 0 Å². The second kappa shape index (κ2) is 12.5. The van der Waals surface area contributed by atoms with E-state index in [1.54, 1.807) is 0 Å². The van der Waals surface area contributed by atoms with Crippen molar-refractivity contribution in [2.24, 2.45) is 0 Å². The number of rotatable bonds is 11. The largest absolute Gasteiger partial charge is 0.476 e. The summed E-state index contributed by atoms with van der Waals surface area (Å²) in [4.78, 5) is 14.3. The first kappa shape index (κ1) is 25.7. The van der Waals surface area contributed by atoms with E-state index in [4.69, 9.17) is 9.72 Å². The molecule has 10 nitrogen and oxygen atoms in total. The Labute approximate surface area is 219 Å². The van der Waals surface area contributed by atoms with Crippen molar-refractivity contribution in [2.45, 2.75) is 51.6 Å². The van der Waals surface area contributed by atoms with Crippen LogP contribution in [0.1, 0.15) is 43.7 Å². The molecule has 0 spiro atoms. The molecule has 0 unspecified atom stereocenters. The van der Waals surface area contributed by atoms with Gasteiger partial charge in [-0.3, -0.25) is 4.90 Å². The van der Waals surface area contributed by atoms with Gasteiger partial charge in [0, 0.05) is 82.4 Å². The van der Waals surface area contributed by atoms with Crippen LogP contribution in [0.2, 0.25) is 0 Å². The fourth-order valence-corrected chi connectivity index (χ4v) is 5.28. The Morgan fingerprint density at radius 1 is 1.16 bits per heavy atom. The number of nitrogens with one attached hydrogen (secondary N) is 2. The average molecular weight is 509 g/mol. The fraction of sp³-hybridized carbons (Fsp3) is 0.593. The third-order valence-electron chi connectivity index (χ3n) is 7.43. The number of pyridine rings is 1. The lowest BCUT2D eigenvalue weighted by atomic mass is 9.99. The predicted molar refractivity (Wildman–Crippen MR) is 145 cm³/mol. The van der Waals surface area contributed by atoms with Gasteiger partial charge in [-0.15, -0.1) is 0 Å². The summed E-state index contributed by atoms with van der Waals surface area (Å²) in [6, 6.07) is 6.41. The predicted octanol–water partition coefficient (Wildman–Crippen LogP) is 2.32. The van der Waals surface area contributed by atoms with Crippen LogP contribution in [-0.4, -0.2) is 88.1 Å². The van der Waals surface area contributed by atoms with Gasteiger partial charge in [-0.05, 0) is 37.7 Å². The van der Waals surface area contributed by atoms with Crippen LogP contribution in [0, 0.1) is 0 Å². The highest BCUT2D eigenvalue weighted by Gasteiger charge is 2.25. The molecule has 0 radical (unpaired) electrons. The Morgan fingerprint density at radius 2 is 2.05 bits per heavy atom. The smallest absolute Gasteiger partial charge is 0.213 e. The molecular weight excluding hydrogens is 468 g/mol. The number of ether oxygens (including phenoxy) is 1. The third kappa shape index (κ3) is 6.31. The molecule has 0 aromatic carbocycles. The molecular formula is C27H40N8O2. The molecule has 3 aromatic rings. The van der Waals surface area contributed by atoms with Gasteiger partial charge >= 0.3 is 0 Å². The van der Waals surface area contributed by atoms with Crippen LogP contribution in [0.3, 0.4) is 0 Å². The van der Waals surface area contributed by atoms with E-state index in [2.05, 4.69) is 49.6 Å². The number of nitrogens with zero attached hydrogens (tertiary/aromatic N) is 6. The lowest BCUT2D eigenvalue weighted by Crippen LogP contribution is -2.44. The number of anilines is 2. The van der Waals surface area contributed by atoms with Crippen molar-refractivity contribution in [1.29, 1.82) is 0 Å². The molecule has 5 heterocycles. The molecule has 1 atom stereocenters. The van der Waals surface area contributed by atoms with Crippen molar-refractivity contribution in [2.75, 3.05) is 62.7 Å². The summed E-state index contributed by atoms with van der Waals surface area (Å²) in [5, 5.41) is 21.2. The summed E-state index contributed by atoms with van der Waals surface area (Å²) in [5.74, 6) is 2.52. The van der Waals surface area contributed by atoms with Gasteiger partial charge in [0.05, 0.1) is 6.20 Å². The summed E-state index contributed by atoms with van der Waals surface area (Å²) in [6.45, 7) is 9.72. The third-order valence-corrected chi connectivity index (χ3v) is 7.43. The second-order valence-corrected chi connectivity index (χ2v) is 9.91. The zero-order valence-electron chi connectivity index (χ0n) is 21.9. The van der Waals surface area contributed by atoms with Gasteiger partial charge in [-0.2, -0.15) is 9.61 Å². The van der Waals surface area contributed by atoms with E-state index in [1.165, 1.54) is 6.42 Å². The molecule has 10 heteroatoms. The summed E-state index contributed by atoms with van der Waals surface area (Å²) >= 11 is 0. The number of aliphatic hydroxyl groups is 1. The van der Waals surface area contributed by atoms with Crippen LogP contribution < -0.4 is 20.3 Å². The summed E-state index contributed by atoms with van der Waals surface area (Å²) in [7, 11) is 0. The molecule has 0 saturated carbocycles. The number of aryl methyl sites for hydroxylation is 1. The highest BCUT2D eigenvalue weighted by Crippen LogP contribution is 2.29. The van der Waals surface area contributed by atoms with E-state index in [0.29, 0.717) is 25.1 Å². The lowest BCUT2D eigenvalue weighted by Gasteiger charge is -2.36. The number of aliphatic hydroxyl groups excluding tert-OH is 1. The molecule has 0 bridgehead atoms. The first-order chi connectivity index (χ1) is 18.2. The topological polar surface area (TPSA) is 103 Å². The Balaban J connectivity index is 1.26. The van der Waals surface area contributed by atoms with Gasteiger partial charge in [0.15, 0.2) is 5.65 Å². The number of piperidine rings is 1. The van der Waals surface area contributed by atoms with Crippen LogP contribution in [0.5, 0.6) is 5.88 Å². The highest BCUT2D eigenvalue weighted by molar-refractivity contribution is 5.61. The van der Waals surface area contributed by atoms with Crippen LogP contribution in [0.25, 0.3) is 5.65 Å². The normalized spacial score (nSPS) is 18.9. The van der Waals surface area contributed by atoms with Crippen LogP contribution in [-0.2, 0) is 13.0 Å². The van der Waals surface area contributed by atoms with Crippen molar-refractivity contribution >= 4 is 17.3 Å². The Bertz CT molecular complexity index is 1130. The average Bonchev–Trinajstić information content (AvgIpc) is 3.37. The number of hydrogen-bond acceptors (Lipinski definition) is 9. The van der Waals surface area contributed by atoms with E-state index in [9.17, 15) is 5.11 Å². The summed E-state index contributed by atoms with van der Waals surface area (Å²) in [5.41, 5.74) is 3.09. The van der Waals surface area contributed by atoms with Gasteiger partial charge < -0.3 is 25.4 Å². The van der Waals surface area contributed by atoms with Crippen molar-refractivity contribution in [1.82, 2.24) is 29.8 Å². The van der Waals surface area contributed by atoms with Gasteiger partial charge in [0.2, 0.25) is 5.88 Å². The maximum atomic E-state index is 9.60. The zero-order chi connectivity index (χ0) is 25.5. The maximum absolute atomic E-state index is 9.60. The number of aromatic nitrogens is 4. The van der Waals surface area contributed by atoms with E-state index in [0.717, 1.165) is 93.4 Å². The van der Waals surface area contributed by atoms with Gasteiger partial charge in [0.25, 0.3) is 0 Å². The Kier molecular flexibility index (Phi) is 8.70. The minimum Gasteiger partial charge on any atom is -0.476 e. The molecule has 2 fully saturated rings. The van der Waals surface area contributed by atoms with Crippen LogP contribution >= 0.6 is 0 Å². The number of hydrogen-bond donors (Lipinski definition) is 3. The quantitative estimate of drug-likeness (QED) is 0.360. The molecule has 5 rings (SSSR count). The first-order valence-electron chi connectivity index (χ1n) is 13.7. The summed E-state index contributed by atoms with van der Waals surface area (Å²) < 4.78 is 7.77. The zero-order valence-corrected chi connectivity index (χ0v) is 21.9. The van der Waals surface area contributed by atoms with Crippen molar-refractivity contribution in [3.05, 3.63) is 41.7 Å². The number of fused-ring (bicyclic) bond motifs is 1. The second-order valence-electron chi connectivity index (χ2n) is 9.91. The fourth-order valence-electron chi connectivity index (χ4n) is 5.28. The van der Waals surface area contributed by atoms with E-state index in [1.807, 2.05) is 23.0 Å². The molecule has 2 aliphatic rings. The molecule has 200 valence electrons. The van der Waals surface area contributed by atoms with Gasteiger partial charge in [-0.25, -0.2) is 9.97 Å². The van der Waals surface area contributed by atoms with E-state index >= 15 is 0 Å². The minimum atomic E-state index is 0.198. The van der Waals surface area contributed by atoms with Crippen molar-refractivity contribution in [3.8, 4) is 5.88 Å². The van der Waals surface area contributed by atoms with Crippen LogP contribution in [0.4, 0.5) is 11.6 Å². The molecule has 2 saturated heterocycles. The molecule has 37 heavy (non-hydrogen) atoms. The highest BCUT2D eigenvalue weighted by atomic mass is 16.5. The SMILES string of the molecule is CCc1cnn2c(NCc3ccc(OCCN4CCNCC4)nc3)cc(N3CCCC[C@H]3CCO)nc12. The monoisotopic (exact) mass is 508 g/mol. The lowest BCUT2D eigenvalue weighted by molar-refractivity contribution is 0.188. The Hall–Kier alpha value is -2.95. The van der Waals surface area contributed by atoms with E-state index in [-0.39, 0.29) is 6.61 Å². The molecule has 0 amide bonds. The molecule has 0 aliphatic carbocycles.